The summed E-state index contributed by atoms with van der Waals surface area (Å²) in [5.74, 6) is 1.43. The van der Waals surface area contributed by atoms with Gasteiger partial charge in [0.05, 0.1) is 11.4 Å². The minimum absolute atomic E-state index is 0.0590. The molecule has 226 valence electrons. The van der Waals surface area contributed by atoms with Crippen LogP contribution in [-0.4, -0.2) is 35.6 Å². The second-order valence-corrected chi connectivity index (χ2v) is 12.8. The molecular weight excluding hydrogens is 538 g/mol. The second kappa shape index (κ2) is 12.3. The predicted molar refractivity (Wildman–Crippen MR) is 172 cm³/mol. The highest BCUT2D eigenvalue weighted by Gasteiger charge is 2.35. The minimum Gasteiger partial charge on any atom is -0.369 e. The number of anilines is 3. The van der Waals surface area contributed by atoms with Crippen molar-refractivity contribution in [1.82, 2.24) is 9.88 Å². The summed E-state index contributed by atoms with van der Waals surface area (Å²) in [6, 6.07) is 18.8. The Bertz CT molecular complexity index is 1550. The number of rotatable bonds is 6. The van der Waals surface area contributed by atoms with Crippen molar-refractivity contribution in [2.24, 2.45) is 17.8 Å². The molecule has 0 radical (unpaired) electrons. The Morgan fingerprint density at radius 2 is 1.74 bits per heavy atom. The second-order valence-electron chi connectivity index (χ2n) is 12.8. The monoisotopic (exact) mass is 581 g/mol. The highest BCUT2D eigenvalue weighted by molar-refractivity contribution is 6.04. The fourth-order valence-corrected chi connectivity index (χ4v) is 7.29. The number of nitrogens with one attached hydrogen (secondary N) is 3. The van der Waals surface area contributed by atoms with Crippen molar-refractivity contribution >= 4 is 29.0 Å². The molecule has 1 aliphatic carbocycles. The Labute approximate surface area is 253 Å². The molecule has 0 unspecified atom stereocenters. The fraction of sp³-hybridized carbons (Fsp3) is 0.457. The first-order valence-electron chi connectivity index (χ1n) is 15.9. The van der Waals surface area contributed by atoms with Crippen molar-refractivity contribution in [2.45, 2.75) is 71.4 Å². The number of pyridine rings is 1. The molecule has 3 heterocycles. The van der Waals surface area contributed by atoms with E-state index in [-0.39, 0.29) is 29.5 Å². The average molecular weight is 582 g/mol. The summed E-state index contributed by atoms with van der Waals surface area (Å²) >= 11 is 0. The van der Waals surface area contributed by atoms with E-state index in [0.29, 0.717) is 41.2 Å². The van der Waals surface area contributed by atoms with Gasteiger partial charge in [-0.25, -0.2) is 4.79 Å². The van der Waals surface area contributed by atoms with Crippen LogP contribution in [0.3, 0.4) is 0 Å². The summed E-state index contributed by atoms with van der Waals surface area (Å²) in [4.78, 5) is 41.6. The Morgan fingerprint density at radius 1 is 0.930 bits per heavy atom. The van der Waals surface area contributed by atoms with Gasteiger partial charge in [0.25, 0.3) is 11.5 Å². The van der Waals surface area contributed by atoms with E-state index in [9.17, 15) is 14.4 Å². The Kier molecular flexibility index (Phi) is 8.28. The zero-order valence-corrected chi connectivity index (χ0v) is 25.4. The van der Waals surface area contributed by atoms with Crippen LogP contribution in [0, 0.1) is 17.8 Å². The number of aromatic nitrogens is 1. The maximum atomic E-state index is 13.5. The summed E-state index contributed by atoms with van der Waals surface area (Å²) < 4.78 is 1.92. The normalized spacial score (nSPS) is 24.5. The number of carbonyl (C=O) groups is 2. The molecule has 2 fully saturated rings. The van der Waals surface area contributed by atoms with Crippen molar-refractivity contribution in [3.05, 3.63) is 87.8 Å². The van der Waals surface area contributed by atoms with Gasteiger partial charge in [0.15, 0.2) is 0 Å². The number of aryl methyl sites for hydroxylation is 1. The van der Waals surface area contributed by atoms with Gasteiger partial charge in [-0.3, -0.25) is 9.59 Å². The minimum atomic E-state index is -0.355. The summed E-state index contributed by atoms with van der Waals surface area (Å²) in [6.07, 6.45) is 5.27. The number of piperidine rings is 1. The van der Waals surface area contributed by atoms with Crippen LogP contribution >= 0.6 is 0 Å². The average Bonchev–Trinajstić information content (AvgIpc) is 3.00. The van der Waals surface area contributed by atoms with Crippen LogP contribution in [0.25, 0.3) is 0 Å². The van der Waals surface area contributed by atoms with Crippen LogP contribution in [-0.2, 0) is 13.0 Å². The van der Waals surface area contributed by atoms with E-state index in [1.807, 2.05) is 53.1 Å². The molecule has 1 saturated carbocycles. The van der Waals surface area contributed by atoms with Crippen molar-refractivity contribution in [1.29, 1.82) is 0 Å². The maximum absolute atomic E-state index is 13.5. The van der Waals surface area contributed by atoms with E-state index in [2.05, 4.69) is 47.7 Å². The van der Waals surface area contributed by atoms with Crippen LogP contribution in [0.2, 0.25) is 0 Å². The van der Waals surface area contributed by atoms with Crippen LogP contribution in [0.15, 0.2) is 65.5 Å². The molecule has 3 amide bonds. The number of fused-ring (bicyclic) bond motifs is 4. The molecule has 6 rings (SSSR count). The van der Waals surface area contributed by atoms with Gasteiger partial charge in [-0.1, -0.05) is 51.8 Å². The van der Waals surface area contributed by atoms with Gasteiger partial charge in [0.1, 0.15) is 0 Å². The van der Waals surface area contributed by atoms with E-state index in [0.717, 1.165) is 50.2 Å². The molecule has 43 heavy (non-hydrogen) atoms. The van der Waals surface area contributed by atoms with E-state index >= 15 is 0 Å². The topological polar surface area (TPSA) is 95.5 Å². The highest BCUT2D eigenvalue weighted by Crippen LogP contribution is 2.39. The van der Waals surface area contributed by atoms with Crippen molar-refractivity contribution in [3.63, 3.8) is 0 Å². The van der Waals surface area contributed by atoms with Gasteiger partial charge in [-0.15, -0.1) is 0 Å². The van der Waals surface area contributed by atoms with Crippen LogP contribution < -0.4 is 26.4 Å². The van der Waals surface area contributed by atoms with Crippen LogP contribution in [0.5, 0.6) is 0 Å². The summed E-state index contributed by atoms with van der Waals surface area (Å²) in [5.41, 5.74) is 5.06. The van der Waals surface area contributed by atoms with Crippen molar-refractivity contribution in [2.75, 3.05) is 28.6 Å². The number of carbonyl (C=O) groups excluding carboxylic acids is 2. The molecule has 1 aromatic heterocycles. The first-order valence-corrected chi connectivity index (χ1v) is 15.9. The number of amides is 3. The largest absolute Gasteiger partial charge is 0.369 e. The Morgan fingerprint density at radius 3 is 2.53 bits per heavy atom. The molecule has 2 aliphatic heterocycles. The number of nitrogens with zero attached hydrogens (tertiary/aromatic N) is 2. The zero-order valence-electron chi connectivity index (χ0n) is 25.4. The fourth-order valence-electron chi connectivity index (χ4n) is 7.29. The molecule has 3 aliphatic rings. The SMILES string of the molecule is CCc1ccc(NC(=O)Nc2cc(C(=O)N[C@@H]3CCC[C@H](C)[C@H]3C)ccc2N2C[C@H]3C[C@@H](C2)c2cccc(=O)n2C3)cc1. The van der Waals surface area contributed by atoms with Crippen LogP contribution in [0.1, 0.15) is 74.0 Å². The van der Waals surface area contributed by atoms with E-state index < -0.39 is 0 Å². The molecule has 1 saturated heterocycles. The van der Waals surface area contributed by atoms with E-state index in [4.69, 9.17) is 0 Å². The number of hydrogen-bond acceptors (Lipinski definition) is 4. The molecule has 3 aromatic rings. The highest BCUT2D eigenvalue weighted by atomic mass is 16.2. The lowest BCUT2D eigenvalue weighted by atomic mass is 9.78. The number of urea groups is 1. The summed E-state index contributed by atoms with van der Waals surface area (Å²) in [6.45, 7) is 8.78. The third kappa shape index (κ3) is 6.19. The smallest absolute Gasteiger partial charge is 0.323 e. The maximum Gasteiger partial charge on any atom is 0.323 e. The molecule has 8 heteroatoms. The standard InChI is InChI=1S/C35H43N5O3/c1-4-24-11-14-28(15-12-24)36-35(43)38-30-18-26(34(42)37-29-8-5-7-22(2)23(29)3)13-16-32(30)39-19-25-17-27(21-39)31-9-6-10-33(41)40(31)20-25/h6,9-16,18,22-23,25,27,29H,4-5,7-8,17,19-21H2,1-3H3,(H,37,42)(H2,36,38,43)/t22-,23+,25+,27-,29+/m0/s1. The molecule has 2 bridgehead atoms. The van der Waals surface area contributed by atoms with Crippen molar-refractivity contribution < 1.29 is 9.59 Å². The first kappa shape index (κ1) is 29.0. The third-order valence-corrected chi connectivity index (χ3v) is 9.97. The zero-order chi connectivity index (χ0) is 30.1. The summed E-state index contributed by atoms with van der Waals surface area (Å²) in [5, 5.41) is 9.30. The Balaban J connectivity index is 1.27. The molecule has 0 spiro atoms. The molecule has 2 aromatic carbocycles. The third-order valence-electron chi connectivity index (χ3n) is 9.97. The van der Waals surface area contributed by atoms with Crippen LogP contribution in [0.4, 0.5) is 21.9 Å². The van der Waals surface area contributed by atoms with Crippen molar-refractivity contribution in [3.8, 4) is 0 Å². The van der Waals surface area contributed by atoms with Gasteiger partial charge >= 0.3 is 6.03 Å². The lowest BCUT2D eigenvalue weighted by Gasteiger charge is -2.44. The quantitative estimate of drug-likeness (QED) is 0.322. The molecule has 3 N–H and O–H groups in total. The Hall–Kier alpha value is -4.07. The van der Waals surface area contributed by atoms with Gasteiger partial charge in [-0.05, 0) is 79.0 Å². The summed E-state index contributed by atoms with van der Waals surface area (Å²) in [7, 11) is 0. The molecule has 5 atom stereocenters. The van der Waals surface area contributed by atoms with Gasteiger partial charge in [0.2, 0.25) is 0 Å². The number of benzene rings is 2. The van der Waals surface area contributed by atoms with Gasteiger partial charge in [0, 0.05) is 54.6 Å². The lowest BCUT2D eigenvalue weighted by Crippen LogP contribution is -2.47. The van der Waals surface area contributed by atoms with Gasteiger partial charge < -0.3 is 25.4 Å². The molecular formula is C35H43N5O3. The number of hydrogen-bond donors (Lipinski definition) is 3. The van der Waals surface area contributed by atoms with E-state index in [1.54, 1.807) is 6.07 Å². The van der Waals surface area contributed by atoms with E-state index in [1.165, 1.54) is 12.0 Å². The first-order chi connectivity index (χ1) is 20.8. The lowest BCUT2D eigenvalue weighted by molar-refractivity contribution is 0.0891. The van der Waals surface area contributed by atoms with Gasteiger partial charge in [-0.2, -0.15) is 0 Å². The predicted octanol–water partition coefficient (Wildman–Crippen LogP) is 6.23. The molecule has 8 nitrogen and oxygen atoms in total.